The number of carbonyl (C=O) groups excluding carboxylic acids is 13. The Labute approximate surface area is 598 Å². The van der Waals surface area contributed by atoms with Crippen LogP contribution >= 0.6 is 11.8 Å². The number of guanidine groups is 1. The SMILES string of the molecule is [C-]#[N+]CCCC(=O)N[C@@H](CCCN=C(N)N)C(=O)N1CCC[C@H]1C(=O)N[C@@H](CCCCN)C(=O)N1CCC[C@H]1C(=O)N[C@@H](CCC(N)=O)C(=O)N[C@@H](CCC(N)=O)C(=O)N[C@@H](Cc1ccccc1)C(=O)N[C@@H](Cc1ccccc1)C(=O)NCC(=O)N[C@@H](CC(C)C)C(=O)N[C@@H](CCSC)C(=O)O. The number of likely N-dealkylation sites (tertiary alicyclic amines) is 2. The van der Waals surface area contributed by atoms with Crippen molar-refractivity contribution >= 4 is 100 Å². The van der Waals surface area contributed by atoms with Gasteiger partial charge in [-0.15, -0.1) is 0 Å². The summed E-state index contributed by atoms with van der Waals surface area (Å²) in [6.45, 7) is 10.7. The molecule has 33 nitrogen and oxygen atoms in total. The summed E-state index contributed by atoms with van der Waals surface area (Å²) in [5.41, 5.74) is 29.0. The van der Waals surface area contributed by atoms with Gasteiger partial charge in [0.1, 0.15) is 60.4 Å². The molecule has 4 rings (SSSR count). The van der Waals surface area contributed by atoms with Crippen LogP contribution in [-0.4, -0.2) is 215 Å². The molecule has 2 aromatic rings. The Kier molecular flexibility index (Phi) is 37.3. The van der Waals surface area contributed by atoms with E-state index in [0.717, 1.165) is 0 Å². The van der Waals surface area contributed by atoms with Crippen molar-refractivity contribution in [2.75, 3.05) is 51.3 Å². The molecule has 2 saturated heterocycles. The van der Waals surface area contributed by atoms with Crippen molar-refractivity contribution in [2.24, 2.45) is 39.6 Å². The van der Waals surface area contributed by atoms with E-state index in [-0.39, 0.29) is 115 Å². The van der Waals surface area contributed by atoms with Gasteiger partial charge in [0.15, 0.2) is 5.96 Å². The first-order valence-electron chi connectivity index (χ1n) is 34.4. The number of nitrogens with two attached hydrogens (primary N) is 5. The van der Waals surface area contributed by atoms with Crippen LogP contribution in [0.1, 0.15) is 134 Å². The molecule has 2 aliphatic heterocycles. The van der Waals surface area contributed by atoms with Gasteiger partial charge in [0.05, 0.1) is 6.54 Å². The maximum atomic E-state index is 14.8. The number of carbonyl (C=O) groups is 14. The summed E-state index contributed by atoms with van der Waals surface area (Å²) in [6.07, 6.45) is 2.35. The van der Waals surface area contributed by atoms with Crippen LogP contribution < -0.4 is 76.5 Å². The second-order valence-electron chi connectivity index (χ2n) is 25.6. The topological polar surface area (TPSA) is 521 Å². The van der Waals surface area contributed by atoms with Crippen molar-refractivity contribution < 1.29 is 72.2 Å². The van der Waals surface area contributed by atoms with Gasteiger partial charge in [0, 0.05) is 58.2 Å². The molecule has 2 aromatic carbocycles. The monoisotopic (exact) mass is 1440 g/mol. The fraction of sp³-hybridized carbons (Fsp3) is 0.588. The lowest BCUT2D eigenvalue weighted by atomic mass is 10.0. The largest absolute Gasteiger partial charge is 0.480 e. The molecule has 0 spiro atoms. The van der Waals surface area contributed by atoms with Crippen LogP contribution in [0.25, 0.3) is 4.85 Å². The van der Waals surface area contributed by atoms with Crippen LogP contribution in [0.2, 0.25) is 0 Å². The van der Waals surface area contributed by atoms with Gasteiger partial charge < -0.3 is 96.3 Å². The second-order valence-corrected chi connectivity index (χ2v) is 26.5. The van der Waals surface area contributed by atoms with Crippen molar-refractivity contribution in [3.8, 4) is 0 Å². The summed E-state index contributed by atoms with van der Waals surface area (Å²) in [5, 5.41) is 33.4. The molecule has 0 bridgehead atoms. The van der Waals surface area contributed by atoms with E-state index in [0.29, 0.717) is 42.6 Å². The van der Waals surface area contributed by atoms with Crippen LogP contribution in [0.5, 0.6) is 0 Å². The zero-order valence-electron chi connectivity index (χ0n) is 58.3. The van der Waals surface area contributed by atoms with Gasteiger partial charge >= 0.3 is 5.97 Å². The van der Waals surface area contributed by atoms with Crippen LogP contribution in [0.4, 0.5) is 0 Å². The number of rotatable bonds is 46. The van der Waals surface area contributed by atoms with Gasteiger partial charge in [-0.1, -0.05) is 74.5 Å². The highest BCUT2D eigenvalue weighted by Gasteiger charge is 2.43. The lowest BCUT2D eigenvalue weighted by Gasteiger charge is -2.32. The molecule has 20 N–H and O–H groups in total. The number of carboxylic acids is 1. The Bertz CT molecular complexity index is 3250. The highest BCUT2D eigenvalue weighted by atomic mass is 32.2. The molecule has 10 atom stereocenters. The molecule has 13 amide bonds. The number of benzene rings is 2. The molecule has 34 heteroatoms. The molecule has 0 aromatic heterocycles. The van der Waals surface area contributed by atoms with E-state index in [1.165, 1.54) is 21.6 Å². The first-order chi connectivity index (χ1) is 48.7. The lowest BCUT2D eigenvalue weighted by molar-refractivity contribution is -0.144. The summed E-state index contributed by atoms with van der Waals surface area (Å²) in [5.74, 6) is -11.5. The number of unbranched alkanes of at least 4 members (excludes halogenated alkanes) is 1. The van der Waals surface area contributed by atoms with E-state index in [9.17, 15) is 72.2 Å². The third-order valence-corrected chi connectivity index (χ3v) is 17.6. The predicted octanol–water partition coefficient (Wildman–Crippen LogP) is -2.25. The molecule has 2 fully saturated rings. The minimum atomic E-state index is -1.67. The summed E-state index contributed by atoms with van der Waals surface area (Å²) in [7, 11) is 0. The Balaban J connectivity index is 1.58. The van der Waals surface area contributed by atoms with E-state index in [1.807, 2.05) is 0 Å². The first kappa shape index (κ1) is 84.5. The predicted molar refractivity (Wildman–Crippen MR) is 379 cm³/mol. The molecule has 2 heterocycles. The number of carboxylic acid groups (broad SMARTS) is 1. The number of hydrogen-bond donors (Lipinski definition) is 15. The fourth-order valence-electron chi connectivity index (χ4n) is 11.7. The minimum Gasteiger partial charge on any atom is -0.480 e. The van der Waals surface area contributed by atoms with Gasteiger partial charge in [-0.25, -0.2) is 11.4 Å². The number of amides is 13. The van der Waals surface area contributed by atoms with E-state index < -0.39 is 175 Å². The molecule has 0 radical (unpaired) electrons. The minimum absolute atomic E-state index is 0.0172. The van der Waals surface area contributed by atoms with E-state index >= 15 is 0 Å². The maximum Gasteiger partial charge on any atom is 0.326 e. The summed E-state index contributed by atoms with van der Waals surface area (Å²) >= 11 is 1.39. The van der Waals surface area contributed by atoms with Gasteiger partial charge in [0.25, 0.3) is 0 Å². The lowest BCUT2D eigenvalue weighted by Crippen LogP contribution is -2.60. The van der Waals surface area contributed by atoms with E-state index in [4.69, 9.17) is 35.2 Å². The molecule has 560 valence electrons. The number of thioether (sulfide) groups is 1. The van der Waals surface area contributed by atoms with E-state index in [1.54, 1.807) is 80.8 Å². The quantitative estimate of drug-likeness (QED) is 0.0144. The number of primary amides is 2. The van der Waals surface area contributed by atoms with Crippen LogP contribution in [-0.2, 0) is 80.0 Å². The third kappa shape index (κ3) is 30.1. The van der Waals surface area contributed by atoms with Crippen molar-refractivity contribution in [1.82, 2.24) is 57.7 Å². The zero-order valence-corrected chi connectivity index (χ0v) is 59.1. The Morgan fingerprint density at radius 2 is 1.01 bits per heavy atom. The number of nitrogens with one attached hydrogen (secondary N) is 9. The molecular weight excluding hydrogens is 1340 g/mol. The molecule has 102 heavy (non-hydrogen) atoms. The number of aliphatic carboxylic acids is 1. The van der Waals surface area contributed by atoms with Gasteiger partial charge in [-0.3, -0.25) is 67.3 Å². The van der Waals surface area contributed by atoms with Gasteiger partial charge in [-0.2, -0.15) is 11.8 Å². The van der Waals surface area contributed by atoms with Crippen LogP contribution in [0, 0.1) is 12.5 Å². The molecule has 0 unspecified atom stereocenters. The average molecular weight is 1440 g/mol. The second kappa shape index (κ2) is 45.1. The normalized spacial score (nSPS) is 16.3. The molecule has 2 aliphatic rings. The first-order valence-corrected chi connectivity index (χ1v) is 35.8. The standard InChI is InChI=1S/C68H102N18O15S/c1-41(2)37-49(61(94)82-48(67(100)101)30-36-102-4)78-57(90)40-76-58(91)50(38-42-17-7-5-8-18-42)83-62(95)51(39-43-19-9-6-10-20-43)84-60(93)44(26-28-54(70)87)79-59(92)45(27-29-55(71)88)80-63(96)52-23-15-35-86(52)66(99)47(21-11-12-31-69)81-64(97)53-24-16-34-85(53)65(98)46(22-13-33-75-68(72)73)77-56(89)25-14-32-74-3/h5-10,17-20,41,44-53H,11-16,21-40,69H2,1-2,4H3,(H2,70,87)(H2,71,88)(H,76,91)(H,77,89)(H,78,90)(H,79,92)(H,80,96)(H,81,97)(H,82,94)(H,83,95)(H,84,93)(H,100,101)(H4,72,73,75)/t44-,45-,46-,47-,48-,49-,50-,51-,52-,53-/m0/s1. The number of aliphatic imine (C=N–C) groups is 1. The summed E-state index contributed by atoms with van der Waals surface area (Å²) in [6, 6.07) is 3.59. The number of hydrogen-bond acceptors (Lipinski definition) is 17. The zero-order chi connectivity index (χ0) is 75.3. The average Bonchev–Trinajstić information content (AvgIpc) is 1.63. The highest BCUT2D eigenvalue weighted by Crippen LogP contribution is 2.24. The van der Waals surface area contributed by atoms with Crippen molar-refractivity contribution in [3.05, 3.63) is 83.2 Å². The van der Waals surface area contributed by atoms with Crippen molar-refractivity contribution in [3.63, 3.8) is 0 Å². The van der Waals surface area contributed by atoms with E-state index in [2.05, 4.69) is 57.7 Å². The van der Waals surface area contributed by atoms with Crippen molar-refractivity contribution in [2.45, 2.75) is 196 Å². The summed E-state index contributed by atoms with van der Waals surface area (Å²) in [4.78, 5) is 202. The molecule has 0 aliphatic carbocycles. The van der Waals surface area contributed by atoms with Crippen molar-refractivity contribution in [1.29, 1.82) is 0 Å². The van der Waals surface area contributed by atoms with Crippen LogP contribution in [0.15, 0.2) is 65.7 Å². The molecule has 0 saturated carbocycles. The highest BCUT2D eigenvalue weighted by molar-refractivity contribution is 7.98. The fourth-order valence-corrected chi connectivity index (χ4v) is 12.2. The summed E-state index contributed by atoms with van der Waals surface area (Å²) < 4.78 is 0. The van der Waals surface area contributed by atoms with Gasteiger partial charge in [-0.05, 0) is 119 Å². The Morgan fingerprint density at radius 3 is 1.50 bits per heavy atom. The maximum absolute atomic E-state index is 14.8. The van der Waals surface area contributed by atoms with Crippen LogP contribution in [0.3, 0.4) is 0 Å². The smallest absolute Gasteiger partial charge is 0.326 e. The third-order valence-electron chi connectivity index (χ3n) is 17.0. The Morgan fingerprint density at radius 1 is 0.549 bits per heavy atom. The molecular formula is C68H102N18O15S. The Hall–Kier alpha value is -9.91. The van der Waals surface area contributed by atoms with Gasteiger partial charge in [0.2, 0.25) is 83.3 Å². The number of nitrogens with zero attached hydrogens (tertiary/aromatic N) is 4.